The molecule has 0 unspecified atom stereocenters. The number of rotatable bonds is 9. The molecule has 0 bridgehead atoms. The zero-order valence-corrected chi connectivity index (χ0v) is 24.0. The normalized spacial score (nSPS) is 17.5. The lowest BCUT2D eigenvalue weighted by Crippen LogP contribution is -2.52. The number of anilines is 1. The van der Waals surface area contributed by atoms with E-state index in [2.05, 4.69) is 43.8 Å². The van der Waals surface area contributed by atoms with Crippen molar-refractivity contribution < 1.29 is 9.59 Å². The van der Waals surface area contributed by atoms with Gasteiger partial charge in [-0.2, -0.15) is 10.3 Å². The third kappa shape index (κ3) is 5.76. The van der Waals surface area contributed by atoms with E-state index in [1.807, 2.05) is 60.8 Å². The highest BCUT2D eigenvalue weighted by atomic mass is 16.2. The van der Waals surface area contributed by atoms with Gasteiger partial charge < -0.3 is 11.5 Å². The lowest BCUT2D eigenvalue weighted by molar-refractivity contribution is -0.127. The van der Waals surface area contributed by atoms with Crippen LogP contribution in [0, 0.1) is 18.8 Å². The van der Waals surface area contributed by atoms with Crippen LogP contribution in [0.2, 0.25) is 0 Å². The number of carbonyl (C=O) groups is 2. The van der Waals surface area contributed by atoms with Crippen molar-refractivity contribution in [1.82, 2.24) is 30.8 Å². The van der Waals surface area contributed by atoms with E-state index >= 15 is 0 Å². The van der Waals surface area contributed by atoms with E-state index < -0.39 is 11.9 Å². The zero-order valence-electron chi connectivity index (χ0n) is 24.0. The molecule has 11 heteroatoms. The third-order valence-electron chi connectivity index (χ3n) is 8.66. The fraction of sp³-hybridized carbons (Fsp3) is 0.312. The lowest BCUT2D eigenvalue weighted by atomic mass is 9.81. The van der Waals surface area contributed by atoms with Crippen molar-refractivity contribution in [2.75, 3.05) is 11.4 Å². The molecule has 1 aliphatic carbocycles. The molecule has 6 N–H and O–H groups in total. The quantitative estimate of drug-likeness (QED) is 0.205. The first-order chi connectivity index (χ1) is 20.9. The Kier molecular flexibility index (Phi) is 7.97. The van der Waals surface area contributed by atoms with Crippen molar-refractivity contribution in [2.24, 2.45) is 23.3 Å². The van der Waals surface area contributed by atoms with Crippen molar-refractivity contribution in [3.8, 4) is 22.5 Å². The number of hydrogen-bond donors (Lipinski definition) is 4. The number of amides is 2. The number of fused-ring (bicyclic) bond motifs is 1. The van der Waals surface area contributed by atoms with E-state index in [0.29, 0.717) is 24.0 Å². The van der Waals surface area contributed by atoms with Gasteiger partial charge in [0.05, 0.1) is 11.7 Å². The Balaban J connectivity index is 1.31. The number of aryl methyl sites for hydroxylation is 1. The second kappa shape index (κ2) is 12.1. The lowest BCUT2D eigenvalue weighted by Gasteiger charge is -2.35. The van der Waals surface area contributed by atoms with Gasteiger partial charge in [0, 0.05) is 29.0 Å². The highest BCUT2D eigenvalue weighted by Gasteiger charge is 2.36. The summed E-state index contributed by atoms with van der Waals surface area (Å²) < 4.78 is 0. The molecule has 43 heavy (non-hydrogen) atoms. The summed E-state index contributed by atoms with van der Waals surface area (Å²) in [6, 6.07) is 18.6. The first-order valence-electron chi connectivity index (χ1n) is 14.6. The van der Waals surface area contributed by atoms with E-state index in [-0.39, 0.29) is 18.2 Å². The smallest absolute Gasteiger partial charge is 0.240 e. The number of carbonyl (C=O) groups excluding carboxylic acids is 2. The number of tetrazole rings is 1. The summed E-state index contributed by atoms with van der Waals surface area (Å²) >= 11 is 0. The van der Waals surface area contributed by atoms with Gasteiger partial charge in [-0.05, 0) is 103 Å². The van der Waals surface area contributed by atoms with Gasteiger partial charge in [-0.3, -0.25) is 19.6 Å². The van der Waals surface area contributed by atoms with Gasteiger partial charge in [0.1, 0.15) is 6.04 Å². The average molecular weight is 578 g/mol. The third-order valence-corrected chi connectivity index (χ3v) is 8.66. The Hall–Kier alpha value is -4.90. The number of benzene rings is 3. The van der Waals surface area contributed by atoms with Crippen LogP contribution in [0.3, 0.4) is 0 Å². The minimum atomic E-state index is -0.874. The van der Waals surface area contributed by atoms with Crippen LogP contribution < -0.4 is 16.4 Å². The van der Waals surface area contributed by atoms with Crippen molar-refractivity contribution in [2.45, 2.75) is 45.1 Å². The van der Waals surface area contributed by atoms with E-state index in [9.17, 15) is 9.59 Å². The van der Waals surface area contributed by atoms with Crippen molar-refractivity contribution >= 4 is 28.4 Å². The first-order valence-corrected chi connectivity index (χ1v) is 14.6. The van der Waals surface area contributed by atoms with E-state index in [1.54, 1.807) is 4.90 Å². The van der Waals surface area contributed by atoms with E-state index in [0.717, 1.165) is 64.4 Å². The average Bonchev–Trinajstić information content (AvgIpc) is 3.74. The van der Waals surface area contributed by atoms with Gasteiger partial charge in [-0.15, -0.1) is 10.2 Å². The molecular formula is C32H35N9O2. The molecule has 1 atom stereocenters. The van der Waals surface area contributed by atoms with Gasteiger partial charge in [0.2, 0.25) is 17.6 Å². The molecule has 3 aromatic carbocycles. The number of hydrogen-bond acceptors (Lipinski definition) is 7. The number of primary amides is 1. The molecule has 0 radical (unpaired) electrons. The molecule has 0 aliphatic heterocycles. The summed E-state index contributed by atoms with van der Waals surface area (Å²) in [5.74, 6) is 0.00766. The molecule has 1 fully saturated rings. The van der Waals surface area contributed by atoms with Crippen LogP contribution in [0.1, 0.15) is 36.8 Å². The molecule has 220 valence electrons. The topological polar surface area (TPSA) is 173 Å². The summed E-state index contributed by atoms with van der Waals surface area (Å²) in [5, 5.41) is 22.4. The summed E-state index contributed by atoms with van der Waals surface area (Å²) in [6.45, 7) is 2.70. The van der Waals surface area contributed by atoms with Crippen molar-refractivity contribution in [1.29, 1.82) is 0 Å². The Labute approximate surface area is 249 Å². The maximum absolute atomic E-state index is 14.2. The van der Waals surface area contributed by atoms with Gasteiger partial charge in [0.25, 0.3) is 0 Å². The SMILES string of the molecule is Cc1ccc2[nH]ncc2c1-c1ccc(C[C@@H](C(N)=O)N(C(=O)C2CCC(CN)CC2)c2ccc(-c3nn[nH]n3)cc2)cc1. The van der Waals surface area contributed by atoms with Gasteiger partial charge in [-0.25, -0.2) is 0 Å². The van der Waals surface area contributed by atoms with Crippen molar-refractivity contribution in [3.05, 3.63) is 78.0 Å². The number of nitrogens with two attached hydrogens (primary N) is 2. The molecule has 6 rings (SSSR count). The number of aromatic nitrogens is 6. The number of nitrogens with one attached hydrogen (secondary N) is 2. The van der Waals surface area contributed by atoms with E-state index in [4.69, 9.17) is 11.5 Å². The van der Waals surface area contributed by atoms with Crippen LogP contribution >= 0.6 is 0 Å². The molecule has 0 spiro atoms. The molecule has 0 saturated heterocycles. The van der Waals surface area contributed by atoms with Crippen LogP contribution in [0.4, 0.5) is 5.69 Å². The summed E-state index contributed by atoms with van der Waals surface area (Å²) in [7, 11) is 0. The second-order valence-corrected chi connectivity index (χ2v) is 11.4. The highest BCUT2D eigenvalue weighted by molar-refractivity contribution is 6.02. The Bertz CT molecular complexity index is 1700. The van der Waals surface area contributed by atoms with Crippen LogP contribution in [0.5, 0.6) is 0 Å². The van der Waals surface area contributed by atoms with Crippen LogP contribution in [-0.2, 0) is 16.0 Å². The van der Waals surface area contributed by atoms with E-state index in [1.165, 1.54) is 0 Å². The fourth-order valence-electron chi connectivity index (χ4n) is 6.22. The maximum atomic E-state index is 14.2. The zero-order chi connectivity index (χ0) is 29.9. The predicted molar refractivity (Wildman–Crippen MR) is 165 cm³/mol. The Morgan fingerprint density at radius 3 is 2.35 bits per heavy atom. The molecule has 1 saturated carbocycles. The predicted octanol–water partition coefficient (Wildman–Crippen LogP) is 3.91. The monoisotopic (exact) mass is 577 g/mol. The number of aromatic amines is 2. The molecule has 11 nitrogen and oxygen atoms in total. The standard InChI is InChI=1S/C32H35N9O2/c1-19-2-15-27-26(18-35-36-27)29(19)22-7-3-20(4-8-22)16-28(30(34)42)41(32(43)24-9-5-21(17-33)6-10-24)25-13-11-23(12-14-25)31-37-39-40-38-31/h2-4,7-8,11-15,18,21,24,28H,5-6,9-10,16-17,33H2,1H3,(H2,34,42)(H,35,36)(H,37,38,39,40)/t21?,24?,28-/m0/s1. The molecule has 1 aliphatic rings. The molecule has 2 heterocycles. The number of H-pyrrole nitrogens is 2. The summed E-state index contributed by atoms with van der Waals surface area (Å²) in [6.07, 6.45) is 5.37. The maximum Gasteiger partial charge on any atom is 0.240 e. The Morgan fingerprint density at radius 1 is 0.977 bits per heavy atom. The van der Waals surface area contributed by atoms with Gasteiger partial charge in [-0.1, -0.05) is 30.3 Å². The van der Waals surface area contributed by atoms with Crippen LogP contribution in [0.25, 0.3) is 33.4 Å². The van der Waals surface area contributed by atoms with Gasteiger partial charge in [0.15, 0.2) is 0 Å². The van der Waals surface area contributed by atoms with Crippen LogP contribution in [-0.4, -0.2) is 55.2 Å². The molecule has 2 aromatic heterocycles. The Morgan fingerprint density at radius 2 is 1.70 bits per heavy atom. The molecular weight excluding hydrogens is 542 g/mol. The van der Waals surface area contributed by atoms with Crippen LogP contribution in [0.15, 0.2) is 66.9 Å². The first kappa shape index (κ1) is 28.2. The number of nitrogens with zero attached hydrogens (tertiary/aromatic N) is 5. The largest absolute Gasteiger partial charge is 0.368 e. The second-order valence-electron chi connectivity index (χ2n) is 11.4. The molecule has 2 amide bonds. The molecule has 5 aromatic rings. The minimum Gasteiger partial charge on any atom is -0.368 e. The van der Waals surface area contributed by atoms with Crippen molar-refractivity contribution in [3.63, 3.8) is 0 Å². The highest BCUT2D eigenvalue weighted by Crippen LogP contribution is 2.34. The fourth-order valence-corrected chi connectivity index (χ4v) is 6.22. The van der Waals surface area contributed by atoms with Gasteiger partial charge >= 0.3 is 0 Å². The summed E-state index contributed by atoms with van der Waals surface area (Å²) in [5.41, 5.74) is 18.4. The minimum absolute atomic E-state index is 0.0922. The summed E-state index contributed by atoms with van der Waals surface area (Å²) in [4.78, 5) is 28.8.